The third kappa shape index (κ3) is 3.66. The van der Waals surface area contributed by atoms with Gasteiger partial charge in [-0.3, -0.25) is 0 Å². The first-order chi connectivity index (χ1) is 11.1. The van der Waals surface area contributed by atoms with E-state index in [-0.39, 0.29) is 6.10 Å². The second-order valence-electron chi connectivity index (χ2n) is 5.30. The Morgan fingerprint density at radius 1 is 1.26 bits per heavy atom. The molecule has 1 aromatic carbocycles. The van der Waals surface area contributed by atoms with Gasteiger partial charge in [0.15, 0.2) is 5.82 Å². The van der Waals surface area contributed by atoms with Gasteiger partial charge >= 0.3 is 0 Å². The molecule has 0 saturated heterocycles. The van der Waals surface area contributed by atoms with Crippen LogP contribution in [0, 0.1) is 11.3 Å². The summed E-state index contributed by atoms with van der Waals surface area (Å²) in [5.41, 5.74) is 4.35. The summed E-state index contributed by atoms with van der Waals surface area (Å²) in [7, 11) is 1.68. The van der Waals surface area contributed by atoms with Crippen LogP contribution < -0.4 is 5.32 Å². The molecular weight excluding hydrogens is 288 g/mol. The first-order valence-electron chi connectivity index (χ1n) is 7.82. The number of anilines is 2. The van der Waals surface area contributed by atoms with E-state index in [0.29, 0.717) is 11.4 Å². The summed E-state index contributed by atoms with van der Waals surface area (Å²) in [5.74, 6) is 0.503. The molecular formula is C18H22N4O. The standard InChI is InChI=1S/C18H22N4O/c1-5-15-16(11-19)18(22-21-17(15)6-2)20-14-9-7-8-13(10-14)12(3)23-4/h7-10,12H,5-6H2,1-4H3,(H,20,22). The van der Waals surface area contributed by atoms with E-state index in [1.807, 2.05) is 45.0 Å². The number of aryl methyl sites for hydroxylation is 1. The van der Waals surface area contributed by atoms with Crippen LogP contribution in [0.4, 0.5) is 11.5 Å². The number of ether oxygens (including phenoxy) is 1. The van der Waals surface area contributed by atoms with Crippen LogP contribution in [0.2, 0.25) is 0 Å². The Bertz CT molecular complexity index is 721. The van der Waals surface area contributed by atoms with Crippen LogP contribution in [0.15, 0.2) is 24.3 Å². The minimum absolute atomic E-state index is 0.00643. The molecule has 0 aliphatic heterocycles. The van der Waals surface area contributed by atoms with Gasteiger partial charge in [-0.1, -0.05) is 26.0 Å². The van der Waals surface area contributed by atoms with Gasteiger partial charge in [0.2, 0.25) is 0 Å². The van der Waals surface area contributed by atoms with Gasteiger partial charge in [0.05, 0.1) is 11.8 Å². The van der Waals surface area contributed by atoms with Crippen molar-refractivity contribution in [1.82, 2.24) is 10.2 Å². The largest absolute Gasteiger partial charge is 0.377 e. The molecule has 0 amide bonds. The smallest absolute Gasteiger partial charge is 0.171 e. The van der Waals surface area contributed by atoms with E-state index < -0.39 is 0 Å². The summed E-state index contributed by atoms with van der Waals surface area (Å²) in [5, 5.41) is 21.2. The fourth-order valence-corrected chi connectivity index (χ4v) is 2.52. The van der Waals surface area contributed by atoms with Crippen molar-refractivity contribution in [2.24, 2.45) is 0 Å². The second-order valence-corrected chi connectivity index (χ2v) is 5.30. The molecule has 0 bridgehead atoms. The number of nitrogens with one attached hydrogen (secondary N) is 1. The molecule has 0 saturated carbocycles. The number of methoxy groups -OCH3 is 1. The molecule has 0 radical (unpaired) electrons. The molecule has 1 N–H and O–H groups in total. The van der Waals surface area contributed by atoms with Gasteiger partial charge in [-0.05, 0) is 43.0 Å². The summed E-state index contributed by atoms with van der Waals surface area (Å²) < 4.78 is 5.35. The Kier molecular flexibility index (Phi) is 5.67. The number of hydrogen-bond acceptors (Lipinski definition) is 5. The predicted molar refractivity (Wildman–Crippen MR) is 90.7 cm³/mol. The maximum atomic E-state index is 9.53. The monoisotopic (exact) mass is 310 g/mol. The van der Waals surface area contributed by atoms with Crippen LogP contribution in [-0.2, 0) is 17.6 Å². The highest BCUT2D eigenvalue weighted by atomic mass is 16.5. The fourth-order valence-electron chi connectivity index (χ4n) is 2.52. The van der Waals surface area contributed by atoms with E-state index in [2.05, 4.69) is 21.6 Å². The molecule has 0 aliphatic rings. The minimum Gasteiger partial charge on any atom is -0.377 e. The van der Waals surface area contributed by atoms with Crippen molar-refractivity contribution in [3.8, 4) is 6.07 Å². The van der Waals surface area contributed by atoms with Gasteiger partial charge in [-0.2, -0.15) is 10.4 Å². The summed E-state index contributed by atoms with van der Waals surface area (Å²) in [4.78, 5) is 0. The molecule has 1 aromatic heterocycles. The third-order valence-electron chi connectivity index (χ3n) is 3.93. The van der Waals surface area contributed by atoms with Crippen LogP contribution >= 0.6 is 0 Å². The third-order valence-corrected chi connectivity index (χ3v) is 3.93. The maximum absolute atomic E-state index is 9.53. The van der Waals surface area contributed by atoms with E-state index in [9.17, 15) is 5.26 Å². The second kappa shape index (κ2) is 7.70. The molecule has 5 nitrogen and oxygen atoms in total. The van der Waals surface area contributed by atoms with Crippen LogP contribution in [0.25, 0.3) is 0 Å². The van der Waals surface area contributed by atoms with Crippen molar-refractivity contribution in [2.45, 2.75) is 39.7 Å². The zero-order valence-electron chi connectivity index (χ0n) is 14.1. The molecule has 120 valence electrons. The summed E-state index contributed by atoms with van der Waals surface area (Å²) >= 11 is 0. The summed E-state index contributed by atoms with van der Waals surface area (Å²) in [6.07, 6.45) is 1.54. The zero-order valence-corrected chi connectivity index (χ0v) is 14.1. The van der Waals surface area contributed by atoms with Gasteiger partial charge < -0.3 is 10.1 Å². The normalized spacial score (nSPS) is 11.8. The molecule has 0 aliphatic carbocycles. The SMILES string of the molecule is CCc1nnc(Nc2cccc(C(C)OC)c2)c(C#N)c1CC. The lowest BCUT2D eigenvalue weighted by Gasteiger charge is -2.14. The lowest BCUT2D eigenvalue weighted by atomic mass is 10.0. The average molecular weight is 310 g/mol. The Morgan fingerprint density at radius 3 is 2.65 bits per heavy atom. The van der Waals surface area contributed by atoms with E-state index >= 15 is 0 Å². The Balaban J connectivity index is 2.39. The van der Waals surface area contributed by atoms with Crippen molar-refractivity contribution in [3.63, 3.8) is 0 Å². The molecule has 1 heterocycles. The van der Waals surface area contributed by atoms with Gasteiger partial charge in [0.1, 0.15) is 11.6 Å². The van der Waals surface area contributed by atoms with Gasteiger partial charge in [-0.15, -0.1) is 5.10 Å². The molecule has 2 rings (SSSR count). The van der Waals surface area contributed by atoms with Gasteiger partial charge in [-0.25, -0.2) is 0 Å². The zero-order chi connectivity index (χ0) is 16.8. The maximum Gasteiger partial charge on any atom is 0.171 e. The number of hydrogen-bond donors (Lipinski definition) is 1. The van der Waals surface area contributed by atoms with Gasteiger partial charge in [0.25, 0.3) is 0 Å². The molecule has 23 heavy (non-hydrogen) atoms. The van der Waals surface area contributed by atoms with Crippen molar-refractivity contribution in [1.29, 1.82) is 5.26 Å². The molecule has 0 fully saturated rings. The Hall–Kier alpha value is -2.45. The molecule has 1 atom stereocenters. The minimum atomic E-state index is 0.00643. The predicted octanol–water partition coefficient (Wildman–Crippen LogP) is 3.92. The highest BCUT2D eigenvalue weighted by Gasteiger charge is 2.14. The van der Waals surface area contributed by atoms with Crippen molar-refractivity contribution in [3.05, 3.63) is 46.6 Å². The average Bonchev–Trinajstić information content (AvgIpc) is 2.60. The first-order valence-corrected chi connectivity index (χ1v) is 7.82. The van der Waals surface area contributed by atoms with E-state index in [4.69, 9.17) is 4.74 Å². The highest BCUT2D eigenvalue weighted by Crippen LogP contribution is 2.25. The van der Waals surface area contributed by atoms with Crippen LogP contribution in [0.3, 0.4) is 0 Å². The molecule has 5 heteroatoms. The fraction of sp³-hybridized carbons (Fsp3) is 0.389. The summed E-state index contributed by atoms with van der Waals surface area (Å²) in [6, 6.07) is 10.2. The quantitative estimate of drug-likeness (QED) is 0.875. The lowest BCUT2D eigenvalue weighted by Crippen LogP contribution is -2.07. The Labute approximate surface area is 137 Å². The first kappa shape index (κ1) is 16.9. The Morgan fingerprint density at radius 2 is 2.04 bits per heavy atom. The lowest BCUT2D eigenvalue weighted by molar-refractivity contribution is 0.119. The molecule has 2 aromatic rings. The number of nitrogens with zero attached hydrogens (tertiary/aromatic N) is 3. The van der Waals surface area contributed by atoms with E-state index in [0.717, 1.165) is 35.3 Å². The topological polar surface area (TPSA) is 70.8 Å². The number of nitriles is 1. The van der Waals surface area contributed by atoms with Crippen molar-refractivity contribution in [2.75, 3.05) is 12.4 Å². The number of rotatable bonds is 6. The summed E-state index contributed by atoms with van der Waals surface area (Å²) in [6.45, 7) is 6.04. The van der Waals surface area contributed by atoms with Crippen LogP contribution in [0.5, 0.6) is 0 Å². The van der Waals surface area contributed by atoms with E-state index in [1.165, 1.54) is 0 Å². The number of aromatic nitrogens is 2. The van der Waals surface area contributed by atoms with Crippen molar-refractivity contribution >= 4 is 11.5 Å². The van der Waals surface area contributed by atoms with Gasteiger partial charge in [0, 0.05) is 12.8 Å². The van der Waals surface area contributed by atoms with Crippen LogP contribution in [-0.4, -0.2) is 17.3 Å². The molecule has 1 unspecified atom stereocenters. The highest BCUT2D eigenvalue weighted by molar-refractivity contribution is 5.65. The van der Waals surface area contributed by atoms with Crippen molar-refractivity contribution < 1.29 is 4.74 Å². The van der Waals surface area contributed by atoms with Crippen LogP contribution in [0.1, 0.15) is 49.3 Å². The molecule has 0 spiro atoms. The van der Waals surface area contributed by atoms with E-state index in [1.54, 1.807) is 7.11 Å². The number of benzene rings is 1.